The Labute approximate surface area is 162 Å². The van der Waals surface area contributed by atoms with E-state index >= 15 is 0 Å². The summed E-state index contributed by atoms with van der Waals surface area (Å²) >= 11 is 0. The number of aliphatic hydroxyl groups is 1. The highest BCUT2D eigenvalue weighted by molar-refractivity contribution is 14.0. The van der Waals surface area contributed by atoms with Crippen LogP contribution in [0.3, 0.4) is 0 Å². The van der Waals surface area contributed by atoms with Crippen molar-refractivity contribution in [3.8, 4) is 0 Å². The van der Waals surface area contributed by atoms with Crippen molar-refractivity contribution in [3.05, 3.63) is 23.9 Å². The van der Waals surface area contributed by atoms with Crippen LogP contribution in [-0.2, 0) is 6.54 Å². The minimum Gasteiger partial charge on any atom is -0.393 e. The number of aromatic nitrogens is 1. The molecule has 0 spiro atoms. The number of anilines is 1. The van der Waals surface area contributed by atoms with Crippen LogP contribution in [0, 0.1) is 0 Å². The van der Waals surface area contributed by atoms with Gasteiger partial charge in [0.25, 0.3) is 0 Å². The molecule has 7 heteroatoms. The van der Waals surface area contributed by atoms with Gasteiger partial charge in [0.1, 0.15) is 5.82 Å². The first kappa shape index (κ1) is 21.0. The molecule has 0 radical (unpaired) electrons. The van der Waals surface area contributed by atoms with Gasteiger partial charge in [0.2, 0.25) is 0 Å². The Morgan fingerprint density at radius 1 is 1.33 bits per heavy atom. The van der Waals surface area contributed by atoms with E-state index in [9.17, 15) is 5.11 Å². The number of guanidine groups is 1. The van der Waals surface area contributed by atoms with Gasteiger partial charge >= 0.3 is 0 Å². The van der Waals surface area contributed by atoms with Gasteiger partial charge in [-0.3, -0.25) is 0 Å². The van der Waals surface area contributed by atoms with Gasteiger partial charge in [0.15, 0.2) is 5.96 Å². The number of rotatable bonds is 5. The predicted molar refractivity (Wildman–Crippen MR) is 110 cm³/mol. The van der Waals surface area contributed by atoms with Crippen LogP contribution >= 0.6 is 24.0 Å². The summed E-state index contributed by atoms with van der Waals surface area (Å²) < 4.78 is 0. The van der Waals surface area contributed by atoms with Gasteiger partial charge in [-0.2, -0.15) is 0 Å². The summed E-state index contributed by atoms with van der Waals surface area (Å²) in [6.45, 7) is 3.52. The van der Waals surface area contributed by atoms with Crippen LogP contribution in [0.4, 0.5) is 5.82 Å². The fourth-order valence-electron chi connectivity index (χ4n) is 2.71. The standard InChI is InChI=1S/C17H29N5O.HI/c1-4-18-17(21-14-5-7-15(23)8-6-14)20-12-13-9-10-19-16(11-13)22(2)3;/h9-11,14-15,23H,4-8,12H2,1-3H3,(H2,18,20,21);1H. The normalized spacial score (nSPS) is 20.9. The Hall–Kier alpha value is -1.09. The number of hydrogen-bond acceptors (Lipinski definition) is 4. The van der Waals surface area contributed by atoms with Crippen LogP contribution in [0.15, 0.2) is 23.3 Å². The first-order valence-electron chi connectivity index (χ1n) is 8.43. The lowest BCUT2D eigenvalue weighted by Crippen LogP contribution is -2.45. The van der Waals surface area contributed by atoms with Crippen molar-refractivity contribution >= 4 is 35.8 Å². The third-order valence-electron chi connectivity index (χ3n) is 4.07. The van der Waals surface area contributed by atoms with E-state index in [1.165, 1.54) is 0 Å². The Morgan fingerprint density at radius 3 is 2.67 bits per heavy atom. The van der Waals surface area contributed by atoms with Crippen molar-refractivity contribution in [2.24, 2.45) is 4.99 Å². The molecule has 1 aliphatic rings. The number of aliphatic imine (C=N–C) groups is 1. The lowest BCUT2D eigenvalue weighted by molar-refractivity contribution is 0.120. The highest BCUT2D eigenvalue weighted by atomic mass is 127. The average molecular weight is 447 g/mol. The van der Waals surface area contributed by atoms with E-state index in [0.29, 0.717) is 12.6 Å². The Morgan fingerprint density at radius 2 is 2.04 bits per heavy atom. The van der Waals surface area contributed by atoms with Crippen LogP contribution in [0.1, 0.15) is 38.2 Å². The maximum Gasteiger partial charge on any atom is 0.191 e. The van der Waals surface area contributed by atoms with Gasteiger partial charge < -0.3 is 20.6 Å². The molecular weight excluding hydrogens is 417 g/mol. The molecule has 1 aromatic rings. The van der Waals surface area contributed by atoms with E-state index < -0.39 is 0 Å². The van der Waals surface area contributed by atoms with E-state index in [4.69, 9.17) is 0 Å². The minimum absolute atomic E-state index is 0. The molecule has 0 aromatic carbocycles. The number of pyridine rings is 1. The second-order valence-corrected chi connectivity index (χ2v) is 6.26. The first-order valence-corrected chi connectivity index (χ1v) is 8.43. The summed E-state index contributed by atoms with van der Waals surface area (Å²) in [5, 5.41) is 16.4. The van der Waals surface area contributed by atoms with Crippen LogP contribution in [0.2, 0.25) is 0 Å². The molecule has 0 atom stereocenters. The van der Waals surface area contributed by atoms with E-state index in [-0.39, 0.29) is 30.1 Å². The maximum absolute atomic E-state index is 9.60. The van der Waals surface area contributed by atoms with Crippen molar-refractivity contribution < 1.29 is 5.11 Å². The number of aliphatic hydroxyl groups excluding tert-OH is 1. The topological polar surface area (TPSA) is 72.8 Å². The SMILES string of the molecule is CCNC(=NCc1ccnc(N(C)C)c1)NC1CCC(O)CC1.I. The Kier molecular flexibility index (Phi) is 9.35. The molecule has 1 aliphatic carbocycles. The summed E-state index contributed by atoms with van der Waals surface area (Å²) in [4.78, 5) is 11.0. The molecular formula is C17H30IN5O. The van der Waals surface area contributed by atoms with Gasteiger partial charge in [0, 0.05) is 32.9 Å². The third-order valence-corrected chi connectivity index (χ3v) is 4.07. The number of halogens is 1. The summed E-state index contributed by atoms with van der Waals surface area (Å²) in [6, 6.07) is 4.45. The fraction of sp³-hybridized carbons (Fsp3) is 0.647. The molecule has 0 saturated heterocycles. The molecule has 1 saturated carbocycles. The second kappa shape index (κ2) is 10.7. The van der Waals surface area contributed by atoms with Gasteiger partial charge in [0.05, 0.1) is 12.6 Å². The summed E-state index contributed by atoms with van der Waals surface area (Å²) in [5.74, 6) is 1.79. The molecule has 1 heterocycles. The monoisotopic (exact) mass is 447 g/mol. The lowest BCUT2D eigenvalue weighted by atomic mass is 9.93. The molecule has 136 valence electrons. The molecule has 0 unspecified atom stereocenters. The quantitative estimate of drug-likeness (QED) is 0.367. The minimum atomic E-state index is -0.131. The van der Waals surface area contributed by atoms with E-state index in [2.05, 4.69) is 33.6 Å². The average Bonchev–Trinajstić information content (AvgIpc) is 2.55. The van der Waals surface area contributed by atoms with Crippen molar-refractivity contribution in [2.75, 3.05) is 25.5 Å². The fourth-order valence-corrected chi connectivity index (χ4v) is 2.71. The zero-order valence-corrected chi connectivity index (χ0v) is 17.2. The van der Waals surface area contributed by atoms with Crippen LogP contribution in [-0.4, -0.2) is 48.8 Å². The lowest BCUT2D eigenvalue weighted by Gasteiger charge is -2.27. The van der Waals surface area contributed by atoms with E-state index in [0.717, 1.165) is 49.6 Å². The summed E-state index contributed by atoms with van der Waals surface area (Å²) in [6.07, 6.45) is 5.41. The van der Waals surface area contributed by atoms with Gasteiger partial charge in [-0.15, -0.1) is 24.0 Å². The van der Waals surface area contributed by atoms with Crippen molar-refractivity contribution in [1.29, 1.82) is 0 Å². The van der Waals surface area contributed by atoms with Crippen LogP contribution in [0.5, 0.6) is 0 Å². The number of nitrogens with zero attached hydrogens (tertiary/aromatic N) is 3. The third kappa shape index (κ3) is 6.80. The number of hydrogen-bond donors (Lipinski definition) is 3. The van der Waals surface area contributed by atoms with Gasteiger partial charge in [-0.05, 0) is 50.3 Å². The van der Waals surface area contributed by atoms with Gasteiger partial charge in [-0.1, -0.05) is 0 Å². The van der Waals surface area contributed by atoms with E-state index in [1.807, 2.05) is 31.3 Å². The van der Waals surface area contributed by atoms with Crippen LogP contribution < -0.4 is 15.5 Å². The molecule has 6 nitrogen and oxygen atoms in total. The molecule has 1 fully saturated rings. The summed E-state index contributed by atoms with van der Waals surface area (Å²) in [7, 11) is 3.97. The molecule has 0 aliphatic heterocycles. The highest BCUT2D eigenvalue weighted by Crippen LogP contribution is 2.18. The number of nitrogens with one attached hydrogen (secondary N) is 2. The second-order valence-electron chi connectivity index (χ2n) is 6.26. The largest absolute Gasteiger partial charge is 0.393 e. The molecule has 24 heavy (non-hydrogen) atoms. The summed E-state index contributed by atoms with van der Waals surface area (Å²) in [5.41, 5.74) is 1.14. The first-order chi connectivity index (χ1) is 11.1. The molecule has 0 amide bonds. The molecule has 0 bridgehead atoms. The molecule has 1 aromatic heterocycles. The Bertz CT molecular complexity index is 515. The smallest absolute Gasteiger partial charge is 0.191 e. The predicted octanol–water partition coefficient (Wildman–Crippen LogP) is 2.12. The zero-order chi connectivity index (χ0) is 16.7. The Balaban J connectivity index is 0.00000288. The molecule has 3 N–H and O–H groups in total. The molecule has 2 rings (SSSR count). The van der Waals surface area contributed by atoms with Gasteiger partial charge in [-0.25, -0.2) is 9.98 Å². The van der Waals surface area contributed by atoms with Crippen LogP contribution in [0.25, 0.3) is 0 Å². The van der Waals surface area contributed by atoms with E-state index in [1.54, 1.807) is 0 Å². The highest BCUT2D eigenvalue weighted by Gasteiger charge is 2.19. The maximum atomic E-state index is 9.60. The zero-order valence-electron chi connectivity index (χ0n) is 14.8. The van der Waals surface area contributed by atoms with Crippen molar-refractivity contribution in [3.63, 3.8) is 0 Å². The van der Waals surface area contributed by atoms with Crippen molar-refractivity contribution in [2.45, 2.75) is 51.3 Å². The van der Waals surface area contributed by atoms with Crippen molar-refractivity contribution in [1.82, 2.24) is 15.6 Å².